The number of ether oxygens (including phenoxy) is 1. The van der Waals surface area contributed by atoms with Crippen LogP contribution < -0.4 is 11.1 Å². The molecule has 0 aromatic heterocycles. The van der Waals surface area contributed by atoms with Crippen molar-refractivity contribution in [3.8, 4) is 0 Å². The van der Waals surface area contributed by atoms with Crippen molar-refractivity contribution in [2.24, 2.45) is 5.73 Å². The van der Waals surface area contributed by atoms with Crippen molar-refractivity contribution in [1.82, 2.24) is 5.32 Å². The number of carbonyl (C=O) groups is 3. The van der Waals surface area contributed by atoms with E-state index >= 15 is 0 Å². The summed E-state index contributed by atoms with van der Waals surface area (Å²) < 4.78 is 4.98. The van der Waals surface area contributed by atoms with Gasteiger partial charge < -0.3 is 15.6 Å². The molecule has 1 rings (SSSR count). The number of hydrogen-bond acceptors (Lipinski definition) is 5. The molecule has 22 heavy (non-hydrogen) atoms. The van der Waals surface area contributed by atoms with Gasteiger partial charge in [-0.1, -0.05) is 12.1 Å². The van der Waals surface area contributed by atoms with E-state index in [4.69, 9.17) is 15.6 Å². The maximum atomic E-state index is 11.9. The van der Waals surface area contributed by atoms with Crippen molar-refractivity contribution in [3.63, 3.8) is 0 Å². The van der Waals surface area contributed by atoms with Crippen LogP contribution in [0.25, 0.3) is 0 Å². The second-order valence-electron chi connectivity index (χ2n) is 5.80. The van der Waals surface area contributed by atoms with Gasteiger partial charge >= 0.3 is 12.1 Å². The van der Waals surface area contributed by atoms with Gasteiger partial charge in [-0.25, -0.2) is 4.79 Å². The second kappa shape index (κ2) is 7.04. The highest BCUT2D eigenvalue weighted by Crippen LogP contribution is 2.09. The zero-order valence-electron chi connectivity index (χ0n) is 12.8. The summed E-state index contributed by atoms with van der Waals surface area (Å²) in [5.74, 6) is -1.69. The predicted octanol–water partition coefficient (Wildman–Crippen LogP) is 1.31. The molecule has 0 spiro atoms. The number of aliphatic carboxylic acids is 1. The summed E-state index contributed by atoms with van der Waals surface area (Å²) in [6.45, 7) is 5.08. The Labute approximate surface area is 128 Å². The molecular formula is C15H20N2O5. The number of nitrogens with two attached hydrogens (primary N) is 1. The lowest BCUT2D eigenvalue weighted by Gasteiger charge is -2.19. The van der Waals surface area contributed by atoms with Crippen molar-refractivity contribution >= 4 is 18.0 Å². The molecule has 1 unspecified atom stereocenters. The molecule has 0 aliphatic rings. The van der Waals surface area contributed by atoms with Crippen molar-refractivity contribution in [2.45, 2.75) is 38.8 Å². The highest BCUT2D eigenvalue weighted by atomic mass is 16.6. The Balaban J connectivity index is 2.64. The first kappa shape index (κ1) is 17.6. The molecule has 1 aromatic rings. The maximum Gasteiger partial charge on any atom is 0.414 e. The summed E-state index contributed by atoms with van der Waals surface area (Å²) in [6.07, 6.45) is -0.669. The van der Waals surface area contributed by atoms with Crippen LogP contribution in [0.2, 0.25) is 0 Å². The Hall–Kier alpha value is -2.41. The summed E-state index contributed by atoms with van der Waals surface area (Å²) in [6, 6.07) is 5.16. The minimum absolute atomic E-state index is 0.156. The van der Waals surface area contributed by atoms with Crippen LogP contribution in [-0.2, 0) is 16.0 Å². The molecule has 2 amide bonds. The van der Waals surface area contributed by atoms with Gasteiger partial charge in [0.05, 0.1) is 0 Å². The fourth-order valence-electron chi connectivity index (χ4n) is 1.60. The lowest BCUT2D eigenvalue weighted by molar-refractivity contribution is -0.138. The summed E-state index contributed by atoms with van der Waals surface area (Å²) >= 11 is 0. The lowest BCUT2D eigenvalue weighted by atomic mass is 10.0. The fraction of sp³-hybridized carbons (Fsp3) is 0.400. The SMILES string of the molecule is CC(C)(C)OC(=O)NC(=O)c1ccc(CC(N)C(=O)O)cc1. The number of carbonyl (C=O) groups excluding carboxylic acids is 2. The molecule has 0 heterocycles. The largest absolute Gasteiger partial charge is 0.480 e. The van der Waals surface area contributed by atoms with Crippen LogP contribution in [0, 0.1) is 0 Å². The fourth-order valence-corrected chi connectivity index (χ4v) is 1.60. The molecule has 7 heteroatoms. The van der Waals surface area contributed by atoms with Crippen molar-refractivity contribution in [3.05, 3.63) is 35.4 Å². The third-order valence-corrected chi connectivity index (χ3v) is 2.60. The first-order valence-electron chi connectivity index (χ1n) is 6.70. The van der Waals surface area contributed by atoms with E-state index in [1.807, 2.05) is 0 Å². The minimum atomic E-state index is -1.09. The standard InChI is InChI=1S/C15H20N2O5/c1-15(2,3)22-14(21)17-12(18)10-6-4-9(5-7-10)8-11(16)13(19)20/h4-7,11H,8,16H2,1-3H3,(H,19,20)(H,17,18,21). The van der Waals surface area contributed by atoms with Crippen LogP contribution in [0.4, 0.5) is 4.79 Å². The molecular weight excluding hydrogens is 288 g/mol. The van der Waals surface area contributed by atoms with E-state index in [0.29, 0.717) is 5.56 Å². The molecule has 0 aliphatic heterocycles. The number of benzene rings is 1. The first-order chi connectivity index (χ1) is 10.1. The van der Waals surface area contributed by atoms with Gasteiger partial charge in [0.2, 0.25) is 0 Å². The predicted molar refractivity (Wildman–Crippen MR) is 79.5 cm³/mol. The average molecular weight is 308 g/mol. The van der Waals surface area contributed by atoms with Crippen molar-refractivity contribution in [1.29, 1.82) is 0 Å². The summed E-state index contributed by atoms with van der Waals surface area (Å²) in [4.78, 5) is 34.0. The number of nitrogens with one attached hydrogen (secondary N) is 1. The van der Waals surface area contributed by atoms with Crippen LogP contribution >= 0.6 is 0 Å². The smallest absolute Gasteiger partial charge is 0.414 e. The third-order valence-electron chi connectivity index (χ3n) is 2.60. The van der Waals surface area contributed by atoms with Crippen molar-refractivity contribution in [2.75, 3.05) is 0 Å². The Morgan fingerprint density at radius 3 is 2.23 bits per heavy atom. The highest BCUT2D eigenvalue weighted by molar-refractivity contribution is 6.02. The molecule has 1 atom stereocenters. The van der Waals surface area contributed by atoms with Gasteiger partial charge in [0.25, 0.3) is 5.91 Å². The highest BCUT2D eigenvalue weighted by Gasteiger charge is 2.19. The quantitative estimate of drug-likeness (QED) is 0.771. The lowest BCUT2D eigenvalue weighted by Crippen LogP contribution is -2.36. The number of amides is 2. The molecule has 7 nitrogen and oxygen atoms in total. The molecule has 0 saturated heterocycles. The topological polar surface area (TPSA) is 119 Å². The van der Waals surface area contributed by atoms with Gasteiger partial charge in [-0.05, 0) is 44.9 Å². The number of carboxylic acids is 1. The zero-order chi connectivity index (χ0) is 16.9. The third kappa shape index (κ3) is 5.92. The molecule has 0 radical (unpaired) electrons. The van der Waals surface area contributed by atoms with Gasteiger partial charge in [-0.15, -0.1) is 0 Å². The van der Waals surface area contributed by atoms with E-state index in [0.717, 1.165) is 0 Å². The van der Waals surface area contributed by atoms with E-state index in [1.165, 1.54) is 12.1 Å². The summed E-state index contributed by atoms with van der Waals surface area (Å²) in [7, 11) is 0. The van der Waals surface area contributed by atoms with Crippen LogP contribution in [0.3, 0.4) is 0 Å². The minimum Gasteiger partial charge on any atom is -0.480 e. The molecule has 1 aromatic carbocycles. The Bertz CT molecular complexity index is 560. The zero-order valence-corrected chi connectivity index (χ0v) is 12.8. The summed E-state index contributed by atoms with van der Waals surface area (Å²) in [5.41, 5.74) is 5.68. The molecule has 120 valence electrons. The normalized spacial score (nSPS) is 12.4. The molecule has 0 saturated carbocycles. The van der Waals surface area contributed by atoms with E-state index in [9.17, 15) is 14.4 Å². The van der Waals surface area contributed by atoms with Crippen LogP contribution in [0.15, 0.2) is 24.3 Å². The van der Waals surface area contributed by atoms with Crippen LogP contribution in [-0.4, -0.2) is 34.7 Å². The Morgan fingerprint density at radius 1 is 1.23 bits per heavy atom. The molecule has 0 bridgehead atoms. The molecule has 0 aliphatic carbocycles. The maximum absolute atomic E-state index is 11.9. The van der Waals surface area contributed by atoms with E-state index in [1.54, 1.807) is 32.9 Å². The Morgan fingerprint density at radius 2 is 1.77 bits per heavy atom. The van der Waals surface area contributed by atoms with Gasteiger partial charge in [-0.3, -0.25) is 14.9 Å². The van der Waals surface area contributed by atoms with Gasteiger partial charge in [0.1, 0.15) is 11.6 Å². The number of hydrogen-bond donors (Lipinski definition) is 3. The number of carboxylic acid groups (broad SMARTS) is 1. The van der Waals surface area contributed by atoms with Crippen molar-refractivity contribution < 1.29 is 24.2 Å². The monoisotopic (exact) mass is 308 g/mol. The number of alkyl carbamates (subject to hydrolysis) is 1. The van der Waals surface area contributed by atoms with Gasteiger partial charge in [-0.2, -0.15) is 0 Å². The number of imide groups is 1. The molecule has 0 fully saturated rings. The average Bonchev–Trinajstić information content (AvgIpc) is 2.36. The Kier molecular flexibility index (Phi) is 5.64. The molecule has 4 N–H and O–H groups in total. The first-order valence-corrected chi connectivity index (χ1v) is 6.70. The van der Waals surface area contributed by atoms with E-state index in [-0.39, 0.29) is 12.0 Å². The number of rotatable bonds is 4. The van der Waals surface area contributed by atoms with E-state index < -0.39 is 29.6 Å². The second-order valence-corrected chi connectivity index (χ2v) is 5.80. The van der Waals surface area contributed by atoms with E-state index in [2.05, 4.69) is 5.32 Å². The van der Waals surface area contributed by atoms with Gasteiger partial charge in [0.15, 0.2) is 0 Å². The summed E-state index contributed by atoms with van der Waals surface area (Å²) in [5, 5.41) is 10.8. The van der Waals surface area contributed by atoms with Crippen LogP contribution in [0.5, 0.6) is 0 Å². The van der Waals surface area contributed by atoms with Gasteiger partial charge in [0, 0.05) is 5.56 Å². The van der Waals surface area contributed by atoms with Crippen LogP contribution in [0.1, 0.15) is 36.7 Å².